The van der Waals surface area contributed by atoms with Gasteiger partial charge in [0.1, 0.15) is 12.2 Å². The van der Waals surface area contributed by atoms with E-state index in [1.807, 2.05) is 13.8 Å². The van der Waals surface area contributed by atoms with Crippen molar-refractivity contribution in [3.05, 3.63) is 29.1 Å². The van der Waals surface area contributed by atoms with Crippen LogP contribution < -0.4 is 5.32 Å². The van der Waals surface area contributed by atoms with Gasteiger partial charge < -0.3 is 5.32 Å². The van der Waals surface area contributed by atoms with E-state index in [2.05, 4.69) is 20.5 Å². The molecule has 0 fully saturated rings. The Morgan fingerprint density at radius 3 is 2.80 bits per heavy atom. The van der Waals surface area contributed by atoms with Gasteiger partial charge in [0.05, 0.1) is 11.1 Å². The molecule has 2 aromatic rings. The van der Waals surface area contributed by atoms with Gasteiger partial charge in [0.2, 0.25) is 0 Å². The molecule has 0 aromatic carbocycles. The van der Waals surface area contributed by atoms with Crippen LogP contribution in [-0.4, -0.2) is 30.5 Å². The van der Waals surface area contributed by atoms with Crippen molar-refractivity contribution in [1.82, 2.24) is 29.9 Å². The summed E-state index contributed by atoms with van der Waals surface area (Å²) < 4.78 is 3.27. The van der Waals surface area contributed by atoms with E-state index >= 15 is 0 Å². The van der Waals surface area contributed by atoms with Crippen molar-refractivity contribution < 1.29 is 4.79 Å². The molecular formula is C12H17ClN6O. The number of aryl methyl sites for hydroxylation is 2. The summed E-state index contributed by atoms with van der Waals surface area (Å²) in [7, 11) is 1.72. The average Bonchev–Trinajstić information content (AvgIpc) is 3.01. The van der Waals surface area contributed by atoms with Gasteiger partial charge in [0, 0.05) is 19.8 Å². The molecule has 1 atom stereocenters. The third kappa shape index (κ3) is 2.82. The molecule has 0 bridgehead atoms. The highest BCUT2D eigenvalue weighted by molar-refractivity contribution is 6.33. The van der Waals surface area contributed by atoms with Crippen LogP contribution in [0.25, 0.3) is 0 Å². The Morgan fingerprint density at radius 1 is 1.50 bits per heavy atom. The first-order valence-electron chi connectivity index (χ1n) is 6.44. The zero-order chi connectivity index (χ0) is 14.7. The molecule has 0 aliphatic carbocycles. The van der Waals surface area contributed by atoms with Crippen LogP contribution in [0.5, 0.6) is 0 Å². The molecule has 8 heteroatoms. The first-order chi connectivity index (χ1) is 9.56. The Bertz CT molecular complexity index is 605. The summed E-state index contributed by atoms with van der Waals surface area (Å²) in [4.78, 5) is 16.4. The van der Waals surface area contributed by atoms with Gasteiger partial charge in [-0.15, -0.1) is 0 Å². The predicted molar refractivity (Wildman–Crippen MR) is 74.4 cm³/mol. The first kappa shape index (κ1) is 14.5. The molecule has 1 amide bonds. The molecular weight excluding hydrogens is 280 g/mol. The number of rotatable bonds is 5. The molecule has 0 saturated carbocycles. The van der Waals surface area contributed by atoms with Crippen LogP contribution in [0.2, 0.25) is 5.02 Å². The fraction of sp³-hybridized carbons (Fsp3) is 0.500. The minimum Gasteiger partial charge on any atom is -0.341 e. The van der Waals surface area contributed by atoms with Gasteiger partial charge in [-0.3, -0.25) is 9.48 Å². The number of hydrogen-bond donors (Lipinski definition) is 1. The summed E-state index contributed by atoms with van der Waals surface area (Å²) >= 11 is 5.97. The van der Waals surface area contributed by atoms with Crippen molar-refractivity contribution in [2.75, 3.05) is 0 Å². The van der Waals surface area contributed by atoms with Crippen molar-refractivity contribution in [2.45, 2.75) is 32.9 Å². The van der Waals surface area contributed by atoms with Crippen LogP contribution in [0.15, 0.2) is 12.5 Å². The van der Waals surface area contributed by atoms with Crippen LogP contribution in [0.4, 0.5) is 0 Å². The lowest BCUT2D eigenvalue weighted by atomic mass is 10.2. The molecule has 2 rings (SSSR count). The van der Waals surface area contributed by atoms with E-state index < -0.39 is 0 Å². The highest BCUT2D eigenvalue weighted by Gasteiger charge is 2.22. The number of halogens is 1. The summed E-state index contributed by atoms with van der Waals surface area (Å²) in [6, 6.07) is -0.219. The lowest BCUT2D eigenvalue weighted by molar-refractivity contribution is 0.0927. The number of carbonyl (C=O) groups is 1. The van der Waals surface area contributed by atoms with Gasteiger partial charge in [-0.25, -0.2) is 9.67 Å². The van der Waals surface area contributed by atoms with E-state index in [9.17, 15) is 4.79 Å². The molecule has 0 radical (unpaired) electrons. The molecule has 2 aromatic heterocycles. The molecule has 0 aliphatic rings. The van der Waals surface area contributed by atoms with Gasteiger partial charge in [-0.05, 0) is 13.3 Å². The lowest BCUT2D eigenvalue weighted by Gasteiger charge is -2.16. The highest BCUT2D eigenvalue weighted by Crippen LogP contribution is 2.17. The normalized spacial score (nSPS) is 12.4. The molecule has 0 saturated heterocycles. The maximum Gasteiger partial charge on any atom is 0.273 e. The fourth-order valence-corrected chi connectivity index (χ4v) is 2.24. The summed E-state index contributed by atoms with van der Waals surface area (Å²) in [6.07, 6.45) is 3.78. The predicted octanol–water partition coefficient (Wildman–Crippen LogP) is 1.57. The van der Waals surface area contributed by atoms with E-state index in [4.69, 9.17) is 11.6 Å². The molecule has 0 aliphatic heterocycles. The summed E-state index contributed by atoms with van der Waals surface area (Å²) in [5, 5.41) is 11.4. The highest BCUT2D eigenvalue weighted by atomic mass is 35.5. The van der Waals surface area contributed by atoms with Gasteiger partial charge in [-0.1, -0.05) is 18.5 Å². The lowest BCUT2D eigenvalue weighted by Crippen LogP contribution is -2.31. The third-order valence-electron chi connectivity index (χ3n) is 2.97. The van der Waals surface area contributed by atoms with Crippen molar-refractivity contribution in [3.63, 3.8) is 0 Å². The van der Waals surface area contributed by atoms with Crippen LogP contribution >= 0.6 is 11.6 Å². The number of nitrogens with one attached hydrogen (secondary N) is 1. The second-order valence-corrected chi connectivity index (χ2v) is 4.77. The third-order valence-corrected chi connectivity index (χ3v) is 3.25. The van der Waals surface area contributed by atoms with Gasteiger partial charge >= 0.3 is 0 Å². The first-order valence-corrected chi connectivity index (χ1v) is 6.82. The van der Waals surface area contributed by atoms with Crippen molar-refractivity contribution >= 4 is 17.5 Å². The van der Waals surface area contributed by atoms with Crippen molar-refractivity contribution in [3.8, 4) is 0 Å². The number of aromatic nitrogens is 5. The van der Waals surface area contributed by atoms with E-state index in [0.717, 1.165) is 5.82 Å². The standard InChI is InChI=1S/C12H17ClN6O/c1-4-9(11-14-7-15-19(11)5-2)16-12(20)10-8(13)6-18(3)17-10/h6-7,9H,4-5H2,1-3H3,(H,16,20). The second-order valence-electron chi connectivity index (χ2n) is 4.37. The van der Waals surface area contributed by atoms with Gasteiger partial charge in [-0.2, -0.15) is 10.2 Å². The summed E-state index contributed by atoms with van der Waals surface area (Å²) in [5.41, 5.74) is 0.218. The van der Waals surface area contributed by atoms with Crippen molar-refractivity contribution in [2.24, 2.45) is 7.05 Å². The summed E-state index contributed by atoms with van der Waals surface area (Å²) in [6.45, 7) is 4.65. The molecule has 2 heterocycles. The Morgan fingerprint density at radius 2 is 2.25 bits per heavy atom. The van der Waals surface area contributed by atoms with Crippen LogP contribution in [0.1, 0.15) is 42.6 Å². The monoisotopic (exact) mass is 296 g/mol. The smallest absolute Gasteiger partial charge is 0.273 e. The largest absolute Gasteiger partial charge is 0.341 e. The van der Waals surface area contributed by atoms with Crippen LogP contribution in [0, 0.1) is 0 Å². The molecule has 1 N–H and O–H groups in total. The number of hydrogen-bond acceptors (Lipinski definition) is 4. The van der Waals surface area contributed by atoms with Gasteiger partial charge in [0.15, 0.2) is 5.69 Å². The van der Waals surface area contributed by atoms with Gasteiger partial charge in [0.25, 0.3) is 5.91 Å². The maximum atomic E-state index is 12.2. The fourth-order valence-electron chi connectivity index (χ4n) is 1.98. The SMILES string of the molecule is CCC(NC(=O)c1nn(C)cc1Cl)c1ncnn1CC. The van der Waals surface area contributed by atoms with E-state index in [-0.39, 0.29) is 17.6 Å². The molecule has 0 spiro atoms. The van der Waals surface area contributed by atoms with Crippen molar-refractivity contribution in [1.29, 1.82) is 0 Å². The Kier molecular flexibility index (Phi) is 4.39. The zero-order valence-corrected chi connectivity index (χ0v) is 12.4. The number of amides is 1. The van der Waals surface area contributed by atoms with Crippen LogP contribution in [-0.2, 0) is 13.6 Å². The molecule has 20 heavy (non-hydrogen) atoms. The Labute approximate surface area is 121 Å². The molecule has 108 valence electrons. The topological polar surface area (TPSA) is 77.6 Å². The second kappa shape index (κ2) is 6.04. The Balaban J connectivity index is 2.18. The zero-order valence-electron chi connectivity index (χ0n) is 11.7. The van der Waals surface area contributed by atoms with E-state index in [0.29, 0.717) is 18.0 Å². The summed E-state index contributed by atoms with van der Waals surface area (Å²) in [5.74, 6) is 0.420. The van der Waals surface area contributed by atoms with E-state index in [1.54, 1.807) is 17.9 Å². The molecule has 1 unspecified atom stereocenters. The number of carbonyl (C=O) groups excluding carboxylic acids is 1. The average molecular weight is 297 g/mol. The Hall–Kier alpha value is -1.89. The minimum absolute atomic E-state index is 0.218. The maximum absolute atomic E-state index is 12.2. The van der Waals surface area contributed by atoms with E-state index in [1.165, 1.54) is 11.0 Å². The molecule has 7 nitrogen and oxygen atoms in total. The quantitative estimate of drug-likeness (QED) is 0.908. The minimum atomic E-state index is -0.312. The van der Waals surface area contributed by atoms with Crippen LogP contribution in [0.3, 0.4) is 0 Å². The number of nitrogens with zero attached hydrogens (tertiary/aromatic N) is 5.